The second kappa shape index (κ2) is 16.0. The molecule has 0 bridgehead atoms. The maximum atomic E-state index is 2.42. The summed E-state index contributed by atoms with van der Waals surface area (Å²) < 4.78 is 0. The molecule has 278 valence electrons. The normalized spacial score (nSPS) is 11.1. The van der Waals surface area contributed by atoms with Crippen LogP contribution in [0, 0.1) is 0 Å². The summed E-state index contributed by atoms with van der Waals surface area (Å²) in [5, 5.41) is 2.52. The van der Waals surface area contributed by atoms with Gasteiger partial charge in [-0.05, 0) is 109 Å². The number of hydrogen-bond acceptors (Lipinski definition) is 1. The van der Waals surface area contributed by atoms with Crippen molar-refractivity contribution in [2.45, 2.75) is 0 Å². The van der Waals surface area contributed by atoms with E-state index in [1.165, 1.54) is 72.0 Å². The molecular weight excluding hydrogens is 711 g/mol. The summed E-state index contributed by atoms with van der Waals surface area (Å²) in [6.07, 6.45) is 0. The van der Waals surface area contributed by atoms with Gasteiger partial charge in [0.2, 0.25) is 0 Å². The first-order valence-corrected chi connectivity index (χ1v) is 20.2. The van der Waals surface area contributed by atoms with Crippen LogP contribution in [0.1, 0.15) is 0 Å². The largest absolute Gasteiger partial charge is 0.309 e. The second-order valence-electron chi connectivity index (χ2n) is 14.9. The quantitative estimate of drug-likeness (QED) is 0.142. The molecular formula is C58H41N. The number of hydrogen-bond donors (Lipinski definition) is 0. The number of fused-ring (bicyclic) bond motifs is 1. The molecule has 10 aromatic rings. The average Bonchev–Trinajstić information content (AvgIpc) is 3.33. The van der Waals surface area contributed by atoms with Gasteiger partial charge in [0, 0.05) is 16.8 Å². The maximum absolute atomic E-state index is 2.42. The minimum absolute atomic E-state index is 1.09. The summed E-state index contributed by atoms with van der Waals surface area (Å²) in [5.74, 6) is 0. The third kappa shape index (κ3) is 7.34. The van der Waals surface area contributed by atoms with Gasteiger partial charge in [-0.2, -0.15) is 0 Å². The lowest BCUT2D eigenvalue weighted by Gasteiger charge is -2.30. The molecule has 10 aromatic carbocycles. The van der Waals surface area contributed by atoms with Crippen molar-refractivity contribution in [1.29, 1.82) is 0 Å². The van der Waals surface area contributed by atoms with E-state index in [1.807, 2.05) is 0 Å². The lowest BCUT2D eigenvalue weighted by Crippen LogP contribution is -2.12. The monoisotopic (exact) mass is 751 g/mol. The van der Waals surface area contributed by atoms with Crippen LogP contribution >= 0.6 is 0 Å². The number of para-hydroxylation sites is 2. The van der Waals surface area contributed by atoms with E-state index in [-0.39, 0.29) is 0 Å². The van der Waals surface area contributed by atoms with Gasteiger partial charge >= 0.3 is 0 Å². The van der Waals surface area contributed by atoms with Crippen molar-refractivity contribution in [2.75, 3.05) is 4.90 Å². The third-order valence-electron chi connectivity index (χ3n) is 11.3. The molecule has 0 saturated carbocycles. The van der Waals surface area contributed by atoms with Crippen molar-refractivity contribution < 1.29 is 0 Å². The summed E-state index contributed by atoms with van der Waals surface area (Å²) in [7, 11) is 0. The van der Waals surface area contributed by atoms with Crippen LogP contribution in [-0.2, 0) is 0 Å². The van der Waals surface area contributed by atoms with Crippen LogP contribution in [0.3, 0.4) is 0 Å². The first kappa shape index (κ1) is 35.7. The minimum Gasteiger partial charge on any atom is -0.309 e. The number of anilines is 3. The molecule has 0 atom stereocenters. The minimum atomic E-state index is 1.09. The first-order valence-electron chi connectivity index (χ1n) is 20.2. The van der Waals surface area contributed by atoms with E-state index >= 15 is 0 Å². The van der Waals surface area contributed by atoms with Crippen molar-refractivity contribution in [1.82, 2.24) is 0 Å². The zero-order valence-corrected chi connectivity index (χ0v) is 32.6. The second-order valence-corrected chi connectivity index (χ2v) is 14.9. The van der Waals surface area contributed by atoms with Crippen LogP contribution < -0.4 is 4.90 Å². The zero-order valence-electron chi connectivity index (χ0n) is 32.6. The molecule has 0 N–H and O–H groups in total. The summed E-state index contributed by atoms with van der Waals surface area (Å²) in [5.41, 5.74) is 17.6. The van der Waals surface area contributed by atoms with Gasteiger partial charge in [-0.3, -0.25) is 0 Å². The molecule has 59 heavy (non-hydrogen) atoms. The number of rotatable bonds is 9. The molecule has 0 aliphatic heterocycles. The fourth-order valence-corrected chi connectivity index (χ4v) is 8.25. The van der Waals surface area contributed by atoms with Crippen LogP contribution in [0.2, 0.25) is 0 Å². The molecule has 1 heteroatoms. The summed E-state index contributed by atoms with van der Waals surface area (Å²) in [6, 6.07) is 89.8. The summed E-state index contributed by atoms with van der Waals surface area (Å²) >= 11 is 0. The standard InChI is InChI=1S/C58H41N/c1-3-15-42(16-4-1)50-22-14-24-53(41-50)56-26-10-12-28-58(56)59(57-27-11-9-25-55(57)47-18-5-2-6-19-47)54-37-35-45(36-38-54)44-29-31-46(32-30-44)49-21-13-23-51(39-49)52-34-33-43-17-7-8-20-48(43)40-52/h1-41H. The topological polar surface area (TPSA) is 3.24 Å². The molecule has 0 amide bonds. The highest BCUT2D eigenvalue weighted by molar-refractivity contribution is 5.94. The highest BCUT2D eigenvalue weighted by Gasteiger charge is 2.20. The summed E-state index contributed by atoms with van der Waals surface area (Å²) in [4.78, 5) is 2.42. The molecule has 0 heterocycles. The van der Waals surface area contributed by atoms with Crippen LogP contribution in [0.4, 0.5) is 17.1 Å². The Morgan fingerprint density at radius 2 is 0.576 bits per heavy atom. The van der Waals surface area contributed by atoms with E-state index in [0.29, 0.717) is 0 Å². The van der Waals surface area contributed by atoms with Gasteiger partial charge in [-0.1, -0.05) is 206 Å². The van der Waals surface area contributed by atoms with Gasteiger partial charge in [-0.15, -0.1) is 0 Å². The Kier molecular flexibility index (Phi) is 9.68. The Bertz CT molecular complexity index is 3020. The highest BCUT2D eigenvalue weighted by atomic mass is 15.1. The van der Waals surface area contributed by atoms with Gasteiger partial charge in [0.25, 0.3) is 0 Å². The van der Waals surface area contributed by atoms with E-state index in [9.17, 15) is 0 Å². The van der Waals surface area contributed by atoms with Crippen molar-refractivity contribution in [3.8, 4) is 66.8 Å². The number of benzene rings is 10. The molecule has 0 aliphatic rings. The van der Waals surface area contributed by atoms with Crippen LogP contribution in [0.15, 0.2) is 249 Å². The van der Waals surface area contributed by atoms with Crippen LogP contribution in [-0.4, -0.2) is 0 Å². The van der Waals surface area contributed by atoms with Crippen LogP contribution in [0.25, 0.3) is 77.5 Å². The van der Waals surface area contributed by atoms with E-state index in [0.717, 1.165) is 22.6 Å². The van der Waals surface area contributed by atoms with Crippen LogP contribution in [0.5, 0.6) is 0 Å². The van der Waals surface area contributed by atoms with Gasteiger partial charge in [0.15, 0.2) is 0 Å². The van der Waals surface area contributed by atoms with Crippen molar-refractivity contribution in [2.24, 2.45) is 0 Å². The SMILES string of the molecule is c1ccc(-c2cccc(-c3ccccc3N(c3ccc(-c4ccc(-c5cccc(-c6ccc7ccccc7c6)c5)cc4)cc3)c3ccccc3-c3ccccc3)c2)cc1. The molecule has 0 fully saturated rings. The Balaban J connectivity index is 1.01. The number of nitrogens with zero attached hydrogens (tertiary/aromatic N) is 1. The van der Waals surface area contributed by atoms with E-state index in [4.69, 9.17) is 0 Å². The molecule has 10 rings (SSSR count). The predicted octanol–water partition coefficient (Wildman–Crippen LogP) is 16.3. The lowest BCUT2D eigenvalue weighted by molar-refractivity contribution is 1.28. The zero-order chi connectivity index (χ0) is 39.4. The molecule has 1 nitrogen and oxygen atoms in total. The highest BCUT2D eigenvalue weighted by Crippen LogP contribution is 2.45. The maximum Gasteiger partial charge on any atom is 0.0540 e. The fraction of sp³-hybridized carbons (Fsp3) is 0. The van der Waals surface area contributed by atoms with E-state index < -0.39 is 0 Å². The predicted molar refractivity (Wildman–Crippen MR) is 251 cm³/mol. The molecule has 0 aromatic heterocycles. The summed E-state index contributed by atoms with van der Waals surface area (Å²) in [6.45, 7) is 0. The first-order chi connectivity index (χ1) is 29.2. The Morgan fingerprint density at radius 3 is 1.20 bits per heavy atom. The van der Waals surface area contributed by atoms with Crippen molar-refractivity contribution in [3.05, 3.63) is 249 Å². The lowest BCUT2D eigenvalue weighted by atomic mass is 9.95. The van der Waals surface area contributed by atoms with Gasteiger partial charge in [0.1, 0.15) is 0 Å². The molecule has 0 radical (unpaired) electrons. The van der Waals surface area contributed by atoms with Crippen molar-refractivity contribution in [3.63, 3.8) is 0 Å². The smallest absolute Gasteiger partial charge is 0.0540 e. The van der Waals surface area contributed by atoms with Crippen molar-refractivity contribution >= 4 is 27.8 Å². The fourth-order valence-electron chi connectivity index (χ4n) is 8.25. The molecule has 0 aliphatic carbocycles. The Morgan fingerprint density at radius 1 is 0.203 bits per heavy atom. The Hall–Kier alpha value is -7.74. The molecule has 0 unspecified atom stereocenters. The Labute approximate surface area is 346 Å². The third-order valence-corrected chi connectivity index (χ3v) is 11.3. The molecule has 0 spiro atoms. The average molecular weight is 752 g/mol. The van der Waals surface area contributed by atoms with E-state index in [2.05, 4.69) is 254 Å². The van der Waals surface area contributed by atoms with Gasteiger partial charge < -0.3 is 4.90 Å². The van der Waals surface area contributed by atoms with Gasteiger partial charge in [-0.25, -0.2) is 0 Å². The molecule has 0 saturated heterocycles. The van der Waals surface area contributed by atoms with Gasteiger partial charge in [0.05, 0.1) is 11.4 Å². The van der Waals surface area contributed by atoms with E-state index in [1.54, 1.807) is 0 Å².